The molecule has 0 bridgehead atoms. The molecule has 8 nitrogen and oxygen atoms in total. The molecule has 1 fully saturated rings. The molecule has 1 amide bonds. The van der Waals surface area contributed by atoms with Gasteiger partial charge >= 0.3 is 6.09 Å². The van der Waals surface area contributed by atoms with E-state index in [-0.39, 0.29) is 25.8 Å². The number of nitrogens with one attached hydrogen (secondary N) is 1. The lowest BCUT2D eigenvalue weighted by molar-refractivity contribution is 0.108. The highest BCUT2D eigenvalue weighted by molar-refractivity contribution is 7.91. The molecule has 1 saturated heterocycles. The van der Waals surface area contributed by atoms with Gasteiger partial charge in [-0.3, -0.25) is 0 Å². The van der Waals surface area contributed by atoms with Crippen LogP contribution in [0.4, 0.5) is 4.79 Å². The Morgan fingerprint density at radius 1 is 1.58 bits per heavy atom. The number of aliphatic hydroxyl groups excluding tert-OH is 1. The van der Waals surface area contributed by atoms with Gasteiger partial charge in [-0.15, -0.1) is 0 Å². The summed E-state index contributed by atoms with van der Waals surface area (Å²) in [5.41, 5.74) is 1.50. The highest BCUT2D eigenvalue weighted by Gasteiger charge is 2.41. The summed E-state index contributed by atoms with van der Waals surface area (Å²) >= 11 is 0. The van der Waals surface area contributed by atoms with E-state index in [1.165, 1.54) is 17.2 Å². The summed E-state index contributed by atoms with van der Waals surface area (Å²) in [7, 11) is -3.26. The average molecular weight is 357 g/mol. The van der Waals surface area contributed by atoms with Crippen molar-refractivity contribution in [3.05, 3.63) is 29.9 Å². The zero-order chi connectivity index (χ0) is 17.9. The van der Waals surface area contributed by atoms with Crippen LogP contribution < -0.4 is 0 Å². The highest BCUT2D eigenvalue weighted by Crippen LogP contribution is 2.27. The van der Waals surface area contributed by atoms with Crippen molar-refractivity contribution in [2.75, 3.05) is 19.4 Å². The second kappa shape index (κ2) is 7.35. The number of imidazole rings is 1. The zero-order valence-electron chi connectivity index (χ0n) is 13.9. The maximum Gasteiger partial charge on any atom is 0.410 e. The molecule has 2 rings (SSSR count). The standard InChI is InChI=1S/C15H23N3O5S/c1-4-5-23-15(20)18-8-12(24(3,21)22)6-11(18)7-13-10(2)16-14(9-19)17-13/h4,11-12,19H,1,5-9H2,2-3H3,(H,16,17)/t11-,12+/m0/s1. The van der Waals surface area contributed by atoms with E-state index in [9.17, 15) is 13.2 Å². The Hall–Kier alpha value is -1.87. The molecule has 0 saturated carbocycles. The topological polar surface area (TPSA) is 113 Å². The summed E-state index contributed by atoms with van der Waals surface area (Å²) in [5.74, 6) is 0.445. The number of rotatable bonds is 6. The number of nitrogens with zero attached hydrogens (tertiary/aromatic N) is 2. The number of aromatic nitrogens is 2. The van der Waals surface area contributed by atoms with Crippen LogP contribution in [0, 0.1) is 6.92 Å². The second-order valence-corrected chi connectivity index (χ2v) is 8.30. The van der Waals surface area contributed by atoms with Gasteiger partial charge in [-0.05, 0) is 13.3 Å². The van der Waals surface area contributed by atoms with Gasteiger partial charge < -0.3 is 19.7 Å². The summed E-state index contributed by atoms with van der Waals surface area (Å²) in [6.07, 6.45) is 2.82. The summed E-state index contributed by atoms with van der Waals surface area (Å²) in [6.45, 7) is 5.29. The molecular formula is C15H23N3O5S. The maximum atomic E-state index is 12.2. The molecule has 2 N–H and O–H groups in total. The molecule has 0 radical (unpaired) electrons. The predicted octanol–water partition coefficient (Wildman–Crippen LogP) is 0.563. The summed E-state index contributed by atoms with van der Waals surface area (Å²) in [4.78, 5) is 20.9. The molecule has 1 aromatic rings. The third-order valence-electron chi connectivity index (χ3n) is 4.15. The van der Waals surface area contributed by atoms with Crippen LogP contribution in [0.5, 0.6) is 0 Å². The van der Waals surface area contributed by atoms with Crippen LogP contribution in [-0.4, -0.2) is 65.2 Å². The maximum absolute atomic E-state index is 12.2. The van der Waals surface area contributed by atoms with Crippen molar-refractivity contribution < 1.29 is 23.1 Å². The quantitative estimate of drug-likeness (QED) is 0.720. The van der Waals surface area contributed by atoms with Crippen molar-refractivity contribution in [1.82, 2.24) is 14.9 Å². The van der Waals surface area contributed by atoms with Gasteiger partial charge in [-0.2, -0.15) is 0 Å². The van der Waals surface area contributed by atoms with Gasteiger partial charge in [0.25, 0.3) is 0 Å². The number of hydrogen-bond donors (Lipinski definition) is 2. The number of aliphatic hydroxyl groups is 1. The van der Waals surface area contributed by atoms with Gasteiger partial charge in [0.05, 0.1) is 10.9 Å². The number of sulfone groups is 1. The summed E-state index contributed by atoms with van der Waals surface area (Å²) in [6, 6.07) is -0.324. The normalized spacial score (nSPS) is 21.0. The summed E-state index contributed by atoms with van der Waals surface area (Å²) in [5, 5.41) is 8.54. The molecule has 0 spiro atoms. The number of hydrogen-bond acceptors (Lipinski definition) is 6. The smallest absolute Gasteiger partial charge is 0.410 e. The molecule has 24 heavy (non-hydrogen) atoms. The number of aryl methyl sites for hydroxylation is 1. The van der Waals surface area contributed by atoms with Gasteiger partial charge in [-0.25, -0.2) is 18.2 Å². The van der Waals surface area contributed by atoms with Crippen LogP contribution in [0.2, 0.25) is 0 Å². The van der Waals surface area contributed by atoms with Crippen LogP contribution >= 0.6 is 0 Å². The zero-order valence-corrected chi connectivity index (χ0v) is 14.7. The number of carbonyl (C=O) groups excluding carboxylic acids is 1. The molecular weight excluding hydrogens is 334 g/mol. The van der Waals surface area contributed by atoms with E-state index < -0.39 is 21.2 Å². The van der Waals surface area contributed by atoms with E-state index in [2.05, 4.69) is 16.5 Å². The first-order chi connectivity index (χ1) is 11.3. The van der Waals surface area contributed by atoms with E-state index in [0.29, 0.717) is 24.4 Å². The molecule has 0 unspecified atom stereocenters. The highest BCUT2D eigenvalue weighted by atomic mass is 32.2. The van der Waals surface area contributed by atoms with Crippen molar-refractivity contribution in [2.45, 2.75) is 37.7 Å². The van der Waals surface area contributed by atoms with Crippen molar-refractivity contribution in [3.63, 3.8) is 0 Å². The van der Waals surface area contributed by atoms with Crippen molar-refractivity contribution >= 4 is 15.9 Å². The number of carbonyl (C=O) groups is 1. The van der Waals surface area contributed by atoms with Gasteiger partial charge in [0.2, 0.25) is 0 Å². The molecule has 2 heterocycles. The van der Waals surface area contributed by atoms with E-state index >= 15 is 0 Å². The van der Waals surface area contributed by atoms with Crippen molar-refractivity contribution in [1.29, 1.82) is 0 Å². The van der Waals surface area contributed by atoms with Crippen LogP contribution in [0.25, 0.3) is 0 Å². The Balaban J connectivity index is 2.20. The molecule has 1 aliphatic heterocycles. The fourth-order valence-corrected chi connectivity index (χ4v) is 3.88. The van der Waals surface area contributed by atoms with Crippen molar-refractivity contribution in [2.24, 2.45) is 0 Å². The van der Waals surface area contributed by atoms with Crippen LogP contribution in [0.1, 0.15) is 23.6 Å². The van der Waals surface area contributed by atoms with E-state index in [1.54, 1.807) is 0 Å². The fourth-order valence-electron chi connectivity index (χ4n) is 2.87. The van der Waals surface area contributed by atoms with E-state index in [1.807, 2.05) is 6.92 Å². The number of amides is 1. The molecule has 1 aromatic heterocycles. The molecule has 1 aliphatic rings. The van der Waals surface area contributed by atoms with Crippen LogP contribution in [0.3, 0.4) is 0 Å². The Labute approximate surface area is 141 Å². The van der Waals surface area contributed by atoms with E-state index in [4.69, 9.17) is 9.84 Å². The Morgan fingerprint density at radius 2 is 2.29 bits per heavy atom. The first kappa shape index (κ1) is 18.5. The molecule has 0 aromatic carbocycles. The number of H-pyrrole nitrogens is 1. The predicted molar refractivity (Wildman–Crippen MR) is 88.2 cm³/mol. The lowest BCUT2D eigenvalue weighted by atomic mass is 10.1. The first-order valence-electron chi connectivity index (χ1n) is 7.64. The fraction of sp³-hybridized carbons (Fsp3) is 0.600. The Kier molecular flexibility index (Phi) is 5.66. The van der Waals surface area contributed by atoms with E-state index in [0.717, 1.165) is 5.69 Å². The van der Waals surface area contributed by atoms with Crippen LogP contribution in [0.15, 0.2) is 12.7 Å². The van der Waals surface area contributed by atoms with Gasteiger partial charge in [0, 0.05) is 31.0 Å². The SMILES string of the molecule is C=CCOC(=O)N1C[C@H](S(C)(=O)=O)C[C@H]1Cc1nc(CO)[nH]c1C. The second-order valence-electron chi connectivity index (χ2n) is 5.98. The Bertz CT molecular complexity index is 713. The number of ether oxygens (including phenoxy) is 1. The summed E-state index contributed by atoms with van der Waals surface area (Å²) < 4.78 is 28.8. The molecule has 0 aliphatic carbocycles. The third-order valence-corrected chi connectivity index (χ3v) is 5.71. The molecule has 134 valence electrons. The minimum Gasteiger partial charge on any atom is -0.445 e. The molecule has 2 atom stereocenters. The minimum absolute atomic E-state index is 0.0711. The van der Waals surface area contributed by atoms with Gasteiger partial charge in [-0.1, -0.05) is 12.7 Å². The lowest BCUT2D eigenvalue weighted by Crippen LogP contribution is -2.38. The lowest BCUT2D eigenvalue weighted by Gasteiger charge is -2.23. The van der Waals surface area contributed by atoms with Crippen LogP contribution in [-0.2, 0) is 27.6 Å². The van der Waals surface area contributed by atoms with Crippen molar-refractivity contribution in [3.8, 4) is 0 Å². The molecule has 9 heteroatoms. The largest absolute Gasteiger partial charge is 0.445 e. The average Bonchev–Trinajstić information content (AvgIpc) is 3.09. The third kappa shape index (κ3) is 4.15. The number of likely N-dealkylation sites (tertiary alicyclic amines) is 1. The van der Waals surface area contributed by atoms with Gasteiger partial charge in [0.1, 0.15) is 19.0 Å². The Morgan fingerprint density at radius 3 is 2.83 bits per heavy atom. The minimum atomic E-state index is -3.26. The first-order valence-corrected chi connectivity index (χ1v) is 9.60. The monoisotopic (exact) mass is 357 g/mol. The number of aromatic amines is 1. The van der Waals surface area contributed by atoms with Gasteiger partial charge in [0.15, 0.2) is 9.84 Å².